The minimum atomic E-state index is -1.46. The molecule has 1 heterocycles. The Morgan fingerprint density at radius 3 is 2.61 bits per heavy atom. The van der Waals surface area contributed by atoms with Crippen LogP contribution in [0.1, 0.15) is 32.1 Å². The highest BCUT2D eigenvalue weighted by atomic mass is 16.5. The van der Waals surface area contributed by atoms with E-state index in [4.69, 9.17) is 0 Å². The van der Waals surface area contributed by atoms with Crippen LogP contribution in [0.15, 0.2) is 0 Å². The third-order valence-corrected chi connectivity index (χ3v) is 3.88. The second-order valence-electron chi connectivity index (χ2n) is 5.01. The zero-order valence-electron chi connectivity index (χ0n) is 10.3. The lowest BCUT2D eigenvalue weighted by Gasteiger charge is -2.21. The number of hydrogen-bond acceptors (Lipinski definition) is 5. The van der Waals surface area contributed by atoms with Gasteiger partial charge < -0.3 is 9.84 Å². The molecule has 2 fully saturated rings. The molecule has 1 aliphatic carbocycles. The molecule has 0 bridgehead atoms. The van der Waals surface area contributed by atoms with Gasteiger partial charge >= 0.3 is 5.97 Å². The number of esters is 1. The summed E-state index contributed by atoms with van der Waals surface area (Å²) in [5.41, 5.74) is -0.563. The van der Waals surface area contributed by atoms with Crippen molar-refractivity contribution in [2.24, 2.45) is 5.41 Å². The summed E-state index contributed by atoms with van der Waals surface area (Å²) in [5.74, 6) is -1.37. The largest absolute Gasteiger partial charge is 0.467 e. The Hall–Kier alpha value is -1.43. The summed E-state index contributed by atoms with van der Waals surface area (Å²) >= 11 is 0. The minimum absolute atomic E-state index is 0.208. The molecule has 1 N–H and O–H groups in total. The number of aliphatic hydroxyl groups is 1. The average Bonchev–Trinajstić information content (AvgIpc) is 2.90. The first-order chi connectivity index (χ1) is 8.50. The van der Waals surface area contributed by atoms with Gasteiger partial charge in [0.05, 0.1) is 19.1 Å². The molecule has 0 radical (unpaired) electrons. The average molecular weight is 255 g/mol. The SMILES string of the molecule is COC(=O)C(O)CN1C(=O)CC2(CCCC2)C1=O. The van der Waals surface area contributed by atoms with Crippen LogP contribution in [0.25, 0.3) is 0 Å². The van der Waals surface area contributed by atoms with Gasteiger partial charge in [0.1, 0.15) is 0 Å². The molecule has 0 aromatic heterocycles. The van der Waals surface area contributed by atoms with Crippen molar-refractivity contribution >= 4 is 17.8 Å². The molecule has 1 saturated carbocycles. The Kier molecular flexibility index (Phi) is 3.38. The molecule has 6 heteroatoms. The van der Waals surface area contributed by atoms with Gasteiger partial charge in [0.25, 0.3) is 0 Å². The van der Waals surface area contributed by atoms with Crippen LogP contribution in [0, 0.1) is 5.41 Å². The number of carbonyl (C=O) groups excluding carboxylic acids is 3. The van der Waals surface area contributed by atoms with Crippen LogP contribution >= 0.6 is 0 Å². The number of β-amino-alcohol motifs (C(OH)–C–C–N with tert-alkyl or cyclic N) is 1. The van der Waals surface area contributed by atoms with Crippen LogP contribution in [-0.2, 0) is 19.1 Å². The highest BCUT2D eigenvalue weighted by Crippen LogP contribution is 2.46. The number of ether oxygens (including phenoxy) is 1. The van der Waals surface area contributed by atoms with Crippen LogP contribution in [-0.4, -0.2) is 47.5 Å². The number of aliphatic hydroxyl groups excluding tert-OH is 1. The Bertz CT molecular complexity index is 386. The number of nitrogens with zero attached hydrogens (tertiary/aromatic N) is 1. The van der Waals surface area contributed by atoms with Gasteiger partial charge in [-0.2, -0.15) is 0 Å². The number of methoxy groups -OCH3 is 1. The Morgan fingerprint density at radius 1 is 1.44 bits per heavy atom. The van der Waals surface area contributed by atoms with Crippen LogP contribution < -0.4 is 0 Å². The van der Waals surface area contributed by atoms with Crippen molar-refractivity contribution in [1.29, 1.82) is 0 Å². The van der Waals surface area contributed by atoms with Crippen molar-refractivity contribution in [3.63, 3.8) is 0 Å². The zero-order valence-corrected chi connectivity index (χ0v) is 10.3. The molecule has 1 atom stereocenters. The first-order valence-electron chi connectivity index (χ1n) is 6.11. The summed E-state index contributed by atoms with van der Waals surface area (Å²) < 4.78 is 4.37. The quantitative estimate of drug-likeness (QED) is 0.559. The molecule has 1 saturated heterocycles. The van der Waals surface area contributed by atoms with Crippen molar-refractivity contribution in [3.8, 4) is 0 Å². The van der Waals surface area contributed by atoms with E-state index in [2.05, 4.69) is 4.74 Å². The van der Waals surface area contributed by atoms with Crippen molar-refractivity contribution in [2.45, 2.75) is 38.2 Å². The van der Waals surface area contributed by atoms with E-state index < -0.39 is 17.5 Å². The van der Waals surface area contributed by atoms with Gasteiger partial charge in [-0.1, -0.05) is 12.8 Å². The number of hydrogen-bond donors (Lipinski definition) is 1. The number of rotatable bonds is 3. The monoisotopic (exact) mass is 255 g/mol. The lowest BCUT2D eigenvalue weighted by Crippen LogP contribution is -2.42. The second kappa shape index (κ2) is 4.68. The smallest absolute Gasteiger partial charge is 0.336 e. The van der Waals surface area contributed by atoms with E-state index in [1.165, 1.54) is 0 Å². The van der Waals surface area contributed by atoms with E-state index in [0.717, 1.165) is 37.7 Å². The number of amides is 2. The fourth-order valence-corrected chi connectivity index (χ4v) is 2.87. The first kappa shape index (κ1) is 13.0. The van der Waals surface area contributed by atoms with Gasteiger partial charge in [-0.05, 0) is 12.8 Å². The van der Waals surface area contributed by atoms with Gasteiger partial charge in [0, 0.05) is 6.42 Å². The normalized spacial score (nSPS) is 23.8. The highest BCUT2D eigenvalue weighted by Gasteiger charge is 2.53. The summed E-state index contributed by atoms with van der Waals surface area (Å²) in [4.78, 5) is 36.2. The van der Waals surface area contributed by atoms with E-state index >= 15 is 0 Å². The third-order valence-electron chi connectivity index (χ3n) is 3.88. The molecule has 1 aliphatic heterocycles. The summed E-state index contributed by atoms with van der Waals surface area (Å²) in [6.07, 6.45) is 2.10. The van der Waals surface area contributed by atoms with Crippen molar-refractivity contribution in [3.05, 3.63) is 0 Å². The fourth-order valence-electron chi connectivity index (χ4n) is 2.87. The zero-order chi connectivity index (χ0) is 13.3. The van der Waals surface area contributed by atoms with Gasteiger partial charge in [-0.3, -0.25) is 14.5 Å². The molecule has 6 nitrogen and oxygen atoms in total. The molecule has 18 heavy (non-hydrogen) atoms. The molecular formula is C12H17NO5. The van der Waals surface area contributed by atoms with E-state index in [0.29, 0.717) is 0 Å². The molecule has 0 aromatic rings. The topological polar surface area (TPSA) is 83.9 Å². The maximum absolute atomic E-state index is 12.2. The Morgan fingerprint density at radius 2 is 2.06 bits per heavy atom. The summed E-state index contributed by atoms with van der Waals surface area (Å²) in [7, 11) is 1.15. The van der Waals surface area contributed by atoms with E-state index in [9.17, 15) is 19.5 Å². The van der Waals surface area contributed by atoms with E-state index in [1.807, 2.05) is 0 Å². The molecular weight excluding hydrogens is 238 g/mol. The number of carbonyl (C=O) groups is 3. The number of imide groups is 1. The van der Waals surface area contributed by atoms with Crippen LogP contribution in [0.4, 0.5) is 0 Å². The van der Waals surface area contributed by atoms with Crippen molar-refractivity contribution in [1.82, 2.24) is 4.90 Å². The van der Waals surface area contributed by atoms with Gasteiger partial charge in [0.2, 0.25) is 11.8 Å². The maximum atomic E-state index is 12.2. The lowest BCUT2D eigenvalue weighted by atomic mass is 9.84. The van der Waals surface area contributed by atoms with Crippen LogP contribution in [0.5, 0.6) is 0 Å². The van der Waals surface area contributed by atoms with Crippen molar-refractivity contribution < 1.29 is 24.2 Å². The summed E-state index contributed by atoms with van der Waals surface area (Å²) in [6.45, 7) is -0.300. The lowest BCUT2D eigenvalue weighted by molar-refractivity contribution is -0.154. The molecule has 1 unspecified atom stereocenters. The molecule has 2 rings (SSSR count). The first-order valence-corrected chi connectivity index (χ1v) is 6.11. The number of likely N-dealkylation sites (tertiary alicyclic amines) is 1. The standard InChI is InChI=1S/C12H17NO5/c1-18-10(16)8(14)7-13-9(15)6-12(11(13)17)4-2-3-5-12/h8,14H,2-7H2,1H3. The van der Waals surface area contributed by atoms with E-state index in [-0.39, 0.29) is 24.8 Å². The Labute approximate surface area is 105 Å². The second-order valence-corrected chi connectivity index (χ2v) is 5.01. The highest BCUT2D eigenvalue weighted by molar-refractivity contribution is 6.06. The molecule has 0 aromatic carbocycles. The van der Waals surface area contributed by atoms with Crippen LogP contribution in [0.3, 0.4) is 0 Å². The molecule has 2 amide bonds. The van der Waals surface area contributed by atoms with Crippen LogP contribution in [0.2, 0.25) is 0 Å². The van der Waals surface area contributed by atoms with E-state index in [1.54, 1.807) is 0 Å². The van der Waals surface area contributed by atoms with Gasteiger partial charge in [0.15, 0.2) is 6.10 Å². The molecule has 2 aliphatic rings. The van der Waals surface area contributed by atoms with Gasteiger partial charge in [-0.25, -0.2) is 4.79 Å². The van der Waals surface area contributed by atoms with Gasteiger partial charge in [-0.15, -0.1) is 0 Å². The predicted molar refractivity (Wildman–Crippen MR) is 60.3 cm³/mol. The Balaban J connectivity index is 2.08. The summed E-state index contributed by atoms with van der Waals surface area (Å²) in [6, 6.07) is 0. The molecule has 100 valence electrons. The van der Waals surface area contributed by atoms with Crippen molar-refractivity contribution in [2.75, 3.05) is 13.7 Å². The maximum Gasteiger partial charge on any atom is 0.336 e. The molecule has 1 spiro atoms. The predicted octanol–water partition coefficient (Wildman–Crippen LogP) is -0.160. The minimum Gasteiger partial charge on any atom is -0.467 e. The summed E-state index contributed by atoms with van der Waals surface area (Å²) in [5, 5.41) is 9.52. The fraction of sp³-hybridized carbons (Fsp3) is 0.750. The third kappa shape index (κ3) is 2.01.